The molecule has 0 spiro atoms. The second-order valence-electron chi connectivity index (χ2n) is 25.2. The third kappa shape index (κ3) is 68.6. The van der Waals surface area contributed by atoms with E-state index < -0.39 is 26.5 Å². The van der Waals surface area contributed by atoms with E-state index in [2.05, 4.69) is 86.8 Å². The summed E-state index contributed by atoms with van der Waals surface area (Å²) in [6, 6.07) is 0. The van der Waals surface area contributed by atoms with Gasteiger partial charge in [0.15, 0.2) is 6.10 Å². The average molecular weight is 1200 g/mol. The maximum atomic E-state index is 12.9. The minimum atomic E-state index is -4.64. The number of nitrogens with zero attached hydrogens (tertiary/aromatic N) is 1. The lowest BCUT2D eigenvalue weighted by Crippen LogP contribution is -2.37. The van der Waals surface area contributed by atoms with Gasteiger partial charge in [0, 0.05) is 12.8 Å². The maximum absolute atomic E-state index is 12.9. The summed E-state index contributed by atoms with van der Waals surface area (Å²) < 4.78 is 34.3. The molecule has 10 heteroatoms. The van der Waals surface area contributed by atoms with Gasteiger partial charge in [-0.25, -0.2) is 0 Å². The highest BCUT2D eigenvalue weighted by Gasteiger charge is 2.22. The van der Waals surface area contributed by atoms with Crippen molar-refractivity contribution in [1.29, 1.82) is 0 Å². The van der Waals surface area contributed by atoms with Gasteiger partial charge in [-0.2, -0.15) is 0 Å². The van der Waals surface area contributed by atoms with E-state index in [0.29, 0.717) is 17.4 Å². The highest BCUT2D eigenvalue weighted by molar-refractivity contribution is 7.45. The van der Waals surface area contributed by atoms with Crippen molar-refractivity contribution in [2.75, 3.05) is 47.5 Å². The normalized spacial score (nSPS) is 13.5. The summed E-state index contributed by atoms with van der Waals surface area (Å²) in [6.45, 7) is 4.26. The lowest BCUT2D eigenvalue weighted by atomic mass is 10.0. The van der Waals surface area contributed by atoms with Gasteiger partial charge in [-0.1, -0.05) is 305 Å². The summed E-state index contributed by atoms with van der Waals surface area (Å²) in [5.41, 5.74) is 0. The van der Waals surface area contributed by atoms with Gasteiger partial charge in [-0.05, 0) is 89.9 Å². The first kappa shape index (κ1) is 81.5. The number of phosphoric ester groups is 1. The van der Waals surface area contributed by atoms with E-state index in [1.165, 1.54) is 238 Å². The Labute approximate surface area is 520 Å². The van der Waals surface area contributed by atoms with Crippen molar-refractivity contribution in [3.63, 3.8) is 0 Å². The molecule has 0 aliphatic rings. The van der Waals surface area contributed by atoms with Crippen LogP contribution in [0.25, 0.3) is 0 Å². The molecule has 0 aromatic rings. The molecular formula is C74H136NO8P. The van der Waals surface area contributed by atoms with E-state index in [1.54, 1.807) is 0 Å². The SMILES string of the molecule is CCCCCCC/C=C\C/C=C\C/C=C\CCCCCCCCCCCCCCCCCCC(=O)OC(COC(=O)CCCCCCCCCCCCCCCC/C=C\C/C=C\C/C=C\CCCCCCC)COP(=O)([O-])OCC[N+](C)(C)C. The summed E-state index contributed by atoms with van der Waals surface area (Å²) >= 11 is 0. The molecule has 0 rings (SSSR count). The number of carbonyl (C=O) groups excluding carboxylic acids is 2. The molecule has 9 nitrogen and oxygen atoms in total. The van der Waals surface area contributed by atoms with Crippen LogP contribution >= 0.6 is 7.82 Å². The predicted octanol–water partition coefficient (Wildman–Crippen LogP) is 22.5. The van der Waals surface area contributed by atoms with Crippen molar-refractivity contribution in [3.8, 4) is 0 Å². The number of likely N-dealkylation sites (N-methyl/N-ethyl adjacent to an activating group) is 1. The van der Waals surface area contributed by atoms with Crippen LogP contribution in [0.5, 0.6) is 0 Å². The number of hydrogen-bond donors (Lipinski definition) is 0. The quantitative estimate of drug-likeness (QED) is 0.0195. The number of rotatable bonds is 66. The van der Waals surface area contributed by atoms with Crippen molar-refractivity contribution in [1.82, 2.24) is 0 Å². The third-order valence-electron chi connectivity index (χ3n) is 15.7. The highest BCUT2D eigenvalue weighted by Crippen LogP contribution is 2.38. The van der Waals surface area contributed by atoms with Gasteiger partial charge in [-0.3, -0.25) is 14.2 Å². The summed E-state index contributed by atoms with van der Waals surface area (Å²) in [6.07, 6.45) is 86.9. The summed E-state index contributed by atoms with van der Waals surface area (Å²) in [5.74, 6) is -0.822. The summed E-state index contributed by atoms with van der Waals surface area (Å²) in [5, 5.41) is 0. The van der Waals surface area contributed by atoms with Gasteiger partial charge in [0.25, 0.3) is 7.82 Å². The fourth-order valence-corrected chi connectivity index (χ4v) is 10.9. The number of allylic oxidation sites excluding steroid dienone is 12. The monoisotopic (exact) mass is 1200 g/mol. The lowest BCUT2D eigenvalue weighted by molar-refractivity contribution is -0.870. The average Bonchev–Trinajstić information content (AvgIpc) is 3.61. The van der Waals surface area contributed by atoms with E-state index in [0.717, 1.165) is 64.2 Å². The minimum Gasteiger partial charge on any atom is -0.756 e. The molecular weight excluding hydrogens is 1060 g/mol. The molecule has 2 unspecified atom stereocenters. The molecule has 0 aromatic heterocycles. The van der Waals surface area contributed by atoms with E-state index in [4.69, 9.17) is 18.5 Å². The van der Waals surface area contributed by atoms with E-state index in [-0.39, 0.29) is 32.0 Å². The number of quaternary nitrogens is 1. The molecule has 0 bridgehead atoms. The van der Waals surface area contributed by atoms with Gasteiger partial charge in [-0.15, -0.1) is 0 Å². The lowest BCUT2D eigenvalue weighted by Gasteiger charge is -2.28. The Hall–Kier alpha value is -2.55. The van der Waals surface area contributed by atoms with Crippen molar-refractivity contribution < 1.29 is 42.1 Å². The van der Waals surface area contributed by atoms with Gasteiger partial charge >= 0.3 is 11.9 Å². The number of phosphoric acid groups is 1. The number of esters is 2. The van der Waals surface area contributed by atoms with Gasteiger partial charge in [0.05, 0.1) is 27.7 Å². The Morgan fingerprint density at radius 1 is 0.369 bits per heavy atom. The Morgan fingerprint density at radius 2 is 0.643 bits per heavy atom. The number of hydrogen-bond acceptors (Lipinski definition) is 8. The first-order valence-corrected chi connectivity index (χ1v) is 37.1. The van der Waals surface area contributed by atoms with Gasteiger partial charge < -0.3 is 27.9 Å². The number of ether oxygens (including phenoxy) is 2. The second kappa shape index (κ2) is 64.9. The molecule has 2 atom stereocenters. The number of carbonyl (C=O) groups is 2. The molecule has 0 aliphatic heterocycles. The fourth-order valence-electron chi connectivity index (χ4n) is 10.2. The van der Waals surface area contributed by atoms with Crippen molar-refractivity contribution in [2.24, 2.45) is 0 Å². The van der Waals surface area contributed by atoms with Crippen LogP contribution in [-0.2, 0) is 32.7 Å². The molecule has 0 radical (unpaired) electrons. The predicted molar refractivity (Wildman–Crippen MR) is 360 cm³/mol. The largest absolute Gasteiger partial charge is 0.756 e. The van der Waals surface area contributed by atoms with Gasteiger partial charge in [0.2, 0.25) is 0 Å². The van der Waals surface area contributed by atoms with E-state index in [9.17, 15) is 19.0 Å². The molecule has 0 aromatic carbocycles. The van der Waals surface area contributed by atoms with Crippen LogP contribution in [0.1, 0.15) is 335 Å². The molecule has 84 heavy (non-hydrogen) atoms. The maximum Gasteiger partial charge on any atom is 0.306 e. The molecule has 0 N–H and O–H groups in total. The molecule has 0 fully saturated rings. The van der Waals surface area contributed by atoms with E-state index >= 15 is 0 Å². The molecule has 0 aliphatic carbocycles. The van der Waals surface area contributed by atoms with Crippen LogP contribution in [0, 0.1) is 0 Å². The first-order chi connectivity index (χ1) is 41.0. The fraction of sp³-hybridized carbons (Fsp3) is 0.811. The smallest absolute Gasteiger partial charge is 0.306 e. The van der Waals surface area contributed by atoms with Crippen LogP contribution in [0.15, 0.2) is 72.9 Å². The van der Waals surface area contributed by atoms with Crippen LogP contribution in [-0.4, -0.2) is 70.0 Å². The van der Waals surface area contributed by atoms with Crippen LogP contribution in [0.3, 0.4) is 0 Å². The molecule has 490 valence electrons. The Balaban J connectivity index is 4.03. The summed E-state index contributed by atoms with van der Waals surface area (Å²) in [7, 11) is 1.17. The standard InChI is InChI=1S/C74H136NO8P/c1-6-8-10-12-14-16-18-20-22-24-26-28-30-32-34-36-37-39-41-43-45-47-49-51-53-55-57-59-61-63-65-67-74(77)83-72(71-82-84(78,79)81-69-68-75(3,4)5)70-80-73(76)66-64-62-60-58-56-54-52-50-48-46-44-42-40-38-35-33-31-29-27-25-23-21-19-17-15-13-11-9-7-2/h18-21,24-27,30-33,72H,6-17,22-23,28-29,34-71H2,1-5H3/b20-18-,21-19-,26-24-,27-25-,32-30-,33-31-. The highest BCUT2D eigenvalue weighted by atomic mass is 31.2. The minimum absolute atomic E-state index is 0.0315. The van der Waals surface area contributed by atoms with Crippen molar-refractivity contribution >= 4 is 19.8 Å². The zero-order valence-electron chi connectivity index (χ0n) is 55.8. The van der Waals surface area contributed by atoms with E-state index in [1.807, 2.05) is 21.1 Å². The number of unbranched alkanes of at least 4 members (excludes halogenated alkanes) is 40. The third-order valence-corrected chi connectivity index (χ3v) is 16.7. The molecule has 0 saturated carbocycles. The summed E-state index contributed by atoms with van der Waals surface area (Å²) in [4.78, 5) is 38.1. The Bertz CT molecular complexity index is 1650. The topological polar surface area (TPSA) is 111 Å². The molecule has 0 amide bonds. The Kier molecular flexibility index (Phi) is 62.9. The molecule has 0 saturated heterocycles. The second-order valence-corrected chi connectivity index (χ2v) is 26.7. The first-order valence-electron chi connectivity index (χ1n) is 35.6. The molecule has 0 heterocycles. The van der Waals surface area contributed by atoms with Crippen LogP contribution in [0.2, 0.25) is 0 Å². The van der Waals surface area contributed by atoms with Crippen molar-refractivity contribution in [2.45, 2.75) is 341 Å². The Morgan fingerprint density at radius 3 is 0.952 bits per heavy atom. The zero-order valence-corrected chi connectivity index (χ0v) is 56.7. The van der Waals surface area contributed by atoms with Crippen LogP contribution < -0.4 is 4.89 Å². The zero-order chi connectivity index (χ0) is 61.2. The van der Waals surface area contributed by atoms with Gasteiger partial charge in [0.1, 0.15) is 19.8 Å². The van der Waals surface area contributed by atoms with Crippen molar-refractivity contribution in [3.05, 3.63) is 72.9 Å². The van der Waals surface area contributed by atoms with Crippen LogP contribution in [0.4, 0.5) is 0 Å².